The molecule has 2 heteroatoms. The van der Waals surface area contributed by atoms with Gasteiger partial charge in [0.1, 0.15) is 0 Å². The van der Waals surface area contributed by atoms with Gasteiger partial charge in [-0.1, -0.05) is 12.1 Å². The fourth-order valence-electron chi connectivity index (χ4n) is 2.47. The van der Waals surface area contributed by atoms with E-state index in [1.165, 1.54) is 11.1 Å². The van der Waals surface area contributed by atoms with Gasteiger partial charge in [-0.3, -0.25) is 4.79 Å². The van der Waals surface area contributed by atoms with Crippen molar-refractivity contribution in [2.45, 2.75) is 34.6 Å². The molecule has 0 radical (unpaired) electrons. The molecule has 0 aliphatic rings. The first-order valence-electron chi connectivity index (χ1n) is 6.20. The summed E-state index contributed by atoms with van der Waals surface area (Å²) in [6.07, 6.45) is 0. The highest BCUT2D eigenvalue weighted by molar-refractivity contribution is 5.95. The van der Waals surface area contributed by atoms with Crippen LogP contribution in [0.1, 0.15) is 39.8 Å². The van der Waals surface area contributed by atoms with Crippen LogP contribution in [0.2, 0.25) is 0 Å². The van der Waals surface area contributed by atoms with Gasteiger partial charge in [0, 0.05) is 22.6 Å². The molecule has 0 aliphatic carbocycles. The lowest BCUT2D eigenvalue weighted by molar-refractivity contribution is 0.101. The van der Waals surface area contributed by atoms with Crippen molar-refractivity contribution in [2.75, 3.05) is 0 Å². The fourth-order valence-corrected chi connectivity index (χ4v) is 2.47. The van der Waals surface area contributed by atoms with E-state index in [0.717, 1.165) is 22.6 Å². The maximum Gasteiger partial charge on any atom is 0.161 e. The highest BCUT2D eigenvalue weighted by atomic mass is 16.1. The second-order valence-electron chi connectivity index (χ2n) is 4.90. The first-order valence-corrected chi connectivity index (χ1v) is 6.20. The van der Waals surface area contributed by atoms with Crippen LogP contribution in [0.3, 0.4) is 0 Å². The molecule has 94 valence electrons. The van der Waals surface area contributed by atoms with E-state index in [2.05, 4.69) is 36.6 Å². The summed E-state index contributed by atoms with van der Waals surface area (Å²) in [6.45, 7) is 9.90. The Kier molecular flexibility index (Phi) is 3.12. The van der Waals surface area contributed by atoms with Crippen LogP contribution in [-0.2, 0) is 0 Å². The first kappa shape index (κ1) is 12.6. The number of carbonyl (C=O) groups excluding carboxylic acids is 1. The van der Waals surface area contributed by atoms with Gasteiger partial charge in [0.2, 0.25) is 0 Å². The summed E-state index contributed by atoms with van der Waals surface area (Å²) >= 11 is 0. The van der Waals surface area contributed by atoms with Crippen molar-refractivity contribution in [3.05, 3.63) is 52.3 Å². The molecule has 1 aromatic heterocycles. The number of hydrogen-bond acceptors (Lipinski definition) is 1. The van der Waals surface area contributed by atoms with Crippen LogP contribution in [0.4, 0.5) is 0 Å². The van der Waals surface area contributed by atoms with Crippen LogP contribution in [0, 0.1) is 27.7 Å². The topological polar surface area (TPSA) is 22.0 Å². The van der Waals surface area contributed by atoms with E-state index in [0.29, 0.717) is 0 Å². The van der Waals surface area contributed by atoms with Crippen molar-refractivity contribution >= 4 is 5.78 Å². The minimum atomic E-state index is 0.125. The second kappa shape index (κ2) is 4.45. The number of hydrogen-bond donors (Lipinski definition) is 0. The molecule has 0 fully saturated rings. The van der Waals surface area contributed by atoms with Crippen molar-refractivity contribution in [1.29, 1.82) is 0 Å². The van der Waals surface area contributed by atoms with E-state index in [9.17, 15) is 4.79 Å². The molecule has 2 rings (SSSR count). The lowest BCUT2D eigenvalue weighted by atomic mass is 10.1. The molecular weight excluding hydrogens is 222 g/mol. The van der Waals surface area contributed by atoms with Gasteiger partial charge in [0.25, 0.3) is 0 Å². The van der Waals surface area contributed by atoms with E-state index in [1.54, 1.807) is 6.92 Å². The Hall–Kier alpha value is -1.83. The molecule has 0 unspecified atom stereocenters. The molecule has 0 N–H and O–H groups in total. The van der Waals surface area contributed by atoms with Crippen molar-refractivity contribution in [3.8, 4) is 5.69 Å². The SMILES string of the molecule is CC(=O)c1cc(C)n(-c2cccc(C)c2C)c1C. The number of Topliss-reactive ketones (excluding diaryl/α,β-unsaturated/α-hetero) is 1. The summed E-state index contributed by atoms with van der Waals surface area (Å²) in [7, 11) is 0. The molecule has 0 bridgehead atoms. The zero-order valence-electron chi connectivity index (χ0n) is 11.7. The molecular formula is C16H19NO. The van der Waals surface area contributed by atoms with E-state index < -0.39 is 0 Å². The van der Waals surface area contributed by atoms with Gasteiger partial charge in [0.15, 0.2) is 5.78 Å². The molecule has 0 saturated carbocycles. The van der Waals surface area contributed by atoms with Crippen molar-refractivity contribution < 1.29 is 4.79 Å². The molecule has 0 atom stereocenters. The molecule has 0 amide bonds. The van der Waals surface area contributed by atoms with Crippen LogP contribution < -0.4 is 0 Å². The summed E-state index contributed by atoms with van der Waals surface area (Å²) in [5.74, 6) is 0.125. The summed E-state index contributed by atoms with van der Waals surface area (Å²) in [6, 6.07) is 8.24. The smallest absolute Gasteiger partial charge is 0.161 e. The van der Waals surface area contributed by atoms with Gasteiger partial charge in [-0.2, -0.15) is 0 Å². The molecule has 1 aromatic carbocycles. The fraction of sp³-hybridized carbons (Fsp3) is 0.312. The average molecular weight is 241 g/mol. The van der Waals surface area contributed by atoms with Crippen LogP contribution in [0.25, 0.3) is 5.69 Å². The van der Waals surface area contributed by atoms with Gasteiger partial charge in [-0.25, -0.2) is 0 Å². The molecule has 2 aromatic rings. The molecule has 0 spiro atoms. The van der Waals surface area contributed by atoms with Gasteiger partial charge >= 0.3 is 0 Å². The minimum absolute atomic E-state index is 0.125. The van der Waals surface area contributed by atoms with Gasteiger partial charge in [-0.05, 0) is 57.9 Å². The number of benzene rings is 1. The third kappa shape index (κ3) is 1.88. The number of nitrogens with zero attached hydrogens (tertiary/aromatic N) is 1. The summed E-state index contributed by atoms with van der Waals surface area (Å²) < 4.78 is 2.17. The summed E-state index contributed by atoms with van der Waals surface area (Å²) in [4.78, 5) is 11.6. The third-order valence-corrected chi connectivity index (χ3v) is 3.63. The Morgan fingerprint density at radius 3 is 2.33 bits per heavy atom. The Balaban J connectivity index is 2.72. The summed E-state index contributed by atoms with van der Waals surface area (Å²) in [5, 5.41) is 0. The molecule has 2 nitrogen and oxygen atoms in total. The lowest BCUT2D eigenvalue weighted by Crippen LogP contribution is -2.04. The monoisotopic (exact) mass is 241 g/mol. The number of aromatic nitrogens is 1. The molecule has 0 aliphatic heterocycles. The van der Waals surface area contributed by atoms with Gasteiger partial charge in [0.05, 0.1) is 0 Å². The highest BCUT2D eigenvalue weighted by Crippen LogP contribution is 2.24. The van der Waals surface area contributed by atoms with Crippen molar-refractivity contribution in [3.63, 3.8) is 0 Å². The number of rotatable bonds is 2. The standard InChI is InChI=1S/C16H19NO/c1-10-7-6-8-16(12(10)3)17-11(2)9-15(13(17)4)14(5)18/h6-9H,1-5H3. The van der Waals surface area contributed by atoms with E-state index in [4.69, 9.17) is 0 Å². The maximum absolute atomic E-state index is 11.6. The highest BCUT2D eigenvalue weighted by Gasteiger charge is 2.15. The van der Waals surface area contributed by atoms with Crippen LogP contribution in [0.5, 0.6) is 0 Å². The zero-order chi connectivity index (χ0) is 13.4. The zero-order valence-corrected chi connectivity index (χ0v) is 11.7. The number of carbonyl (C=O) groups is 1. The Labute approximate surface area is 108 Å². The quantitative estimate of drug-likeness (QED) is 0.730. The average Bonchev–Trinajstić information content (AvgIpc) is 2.59. The Morgan fingerprint density at radius 2 is 1.78 bits per heavy atom. The molecule has 0 saturated heterocycles. The van der Waals surface area contributed by atoms with Crippen molar-refractivity contribution in [2.24, 2.45) is 0 Å². The Bertz CT molecular complexity index is 620. The van der Waals surface area contributed by atoms with Crippen LogP contribution >= 0.6 is 0 Å². The van der Waals surface area contributed by atoms with E-state index in [-0.39, 0.29) is 5.78 Å². The summed E-state index contributed by atoms with van der Waals surface area (Å²) in [5.41, 5.74) is 6.63. The van der Waals surface area contributed by atoms with Gasteiger partial charge in [-0.15, -0.1) is 0 Å². The first-order chi connectivity index (χ1) is 8.43. The van der Waals surface area contributed by atoms with Crippen molar-refractivity contribution in [1.82, 2.24) is 4.57 Å². The predicted molar refractivity (Wildman–Crippen MR) is 74.7 cm³/mol. The largest absolute Gasteiger partial charge is 0.317 e. The molecule has 1 heterocycles. The minimum Gasteiger partial charge on any atom is -0.317 e. The molecule has 18 heavy (non-hydrogen) atoms. The number of ketones is 1. The maximum atomic E-state index is 11.6. The Morgan fingerprint density at radius 1 is 1.11 bits per heavy atom. The van der Waals surface area contributed by atoms with Crippen LogP contribution in [-0.4, -0.2) is 10.4 Å². The number of aryl methyl sites for hydroxylation is 2. The normalized spacial score (nSPS) is 10.7. The lowest BCUT2D eigenvalue weighted by Gasteiger charge is -2.14. The van der Waals surface area contributed by atoms with Crippen LogP contribution in [0.15, 0.2) is 24.3 Å². The third-order valence-electron chi connectivity index (χ3n) is 3.63. The predicted octanol–water partition coefficient (Wildman–Crippen LogP) is 3.91. The second-order valence-corrected chi connectivity index (χ2v) is 4.90. The van der Waals surface area contributed by atoms with E-state index in [1.807, 2.05) is 19.9 Å². The van der Waals surface area contributed by atoms with E-state index >= 15 is 0 Å². The van der Waals surface area contributed by atoms with Gasteiger partial charge < -0.3 is 4.57 Å².